The van der Waals surface area contributed by atoms with Crippen LogP contribution in [0.4, 0.5) is 0 Å². The number of hydrogen-bond acceptors (Lipinski definition) is 5. The Bertz CT molecular complexity index is 1350. The second kappa shape index (κ2) is 10.7. The Morgan fingerprint density at radius 3 is 2.18 bits per heavy atom. The van der Waals surface area contributed by atoms with E-state index in [1.54, 1.807) is 31.4 Å². The van der Waals surface area contributed by atoms with E-state index in [4.69, 9.17) is 9.47 Å². The minimum Gasteiger partial charge on any atom is -0.507 e. The van der Waals surface area contributed by atoms with Gasteiger partial charge in [0.05, 0.1) is 24.8 Å². The summed E-state index contributed by atoms with van der Waals surface area (Å²) in [5.41, 5.74) is 3.15. The minimum absolute atomic E-state index is 0.0520. The number of carbonyl (C=O) groups excluding carboxylic acids is 2. The highest BCUT2D eigenvalue weighted by molar-refractivity contribution is 6.46. The van der Waals surface area contributed by atoms with E-state index >= 15 is 0 Å². The summed E-state index contributed by atoms with van der Waals surface area (Å²) in [6.45, 7) is 10.4. The van der Waals surface area contributed by atoms with Gasteiger partial charge in [-0.25, -0.2) is 0 Å². The average molecular weight is 514 g/mol. The zero-order chi connectivity index (χ0) is 27.6. The lowest BCUT2D eigenvalue weighted by Gasteiger charge is -2.26. The van der Waals surface area contributed by atoms with E-state index < -0.39 is 17.7 Å². The molecule has 1 saturated heterocycles. The Morgan fingerprint density at radius 2 is 1.61 bits per heavy atom. The summed E-state index contributed by atoms with van der Waals surface area (Å²) in [5, 5.41) is 11.4. The molecule has 4 rings (SSSR count). The van der Waals surface area contributed by atoms with Gasteiger partial charge in [0.25, 0.3) is 11.7 Å². The van der Waals surface area contributed by atoms with Gasteiger partial charge in [-0.1, -0.05) is 69.3 Å². The Labute approximate surface area is 224 Å². The molecule has 0 saturated carbocycles. The van der Waals surface area contributed by atoms with Gasteiger partial charge in [-0.3, -0.25) is 9.59 Å². The number of nitrogens with zero attached hydrogens (tertiary/aromatic N) is 1. The molecule has 198 valence electrons. The van der Waals surface area contributed by atoms with E-state index in [9.17, 15) is 14.7 Å². The summed E-state index contributed by atoms with van der Waals surface area (Å²) in [7, 11) is 1.59. The van der Waals surface area contributed by atoms with Crippen molar-refractivity contribution in [3.05, 3.63) is 101 Å². The smallest absolute Gasteiger partial charge is 0.295 e. The fraction of sp³-hybridized carbons (Fsp3) is 0.312. The summed E-state index contributed by atoms with van der Waals surface area (Å²) in [6.07, 6.45) is -0.0520. The summed E-state index contributed by atoms with van der Waals surface area (Å²) in [6, 6.07) is 21.5. The second-order valence-corrected chi connectivity index (χ2v) is 10.8. The number of ether oxygens (including phenoxy) is 2. The average Bonchev–Trinajstić information content (AvgIpc) is 3.13. The van der Waals surface area contributed by atoms with E-state index in [0.29, 0.717) is 17.1 Å². The number of benzene rings is 3. The van der Waals surface area contributed by atoms with Crippen LogP contribution in [0.25, 0.3) is 5.76 Å². The van der Waals surface area contributed by atoms with Gasteiger partial charge >= 0.3 is 0 Å². The van der Waals surface area contributed by atoms with Crippen LogP contribution in [-0.4, -0.2) is 34.9 Å². The first-order valence-corrected chi connectivity index (χ1v) is 12.8. The van der Waals surface area contributed by atoms with Crippen molar-refractivity contribution in [3.8, 4) is 11.5 Å². The minimum atomic E-state index is -0.749. The molecule has 0 aliphatic carbocycles. The number of hydrogen-bond donors (Lipinski definition) is 1. The fourth-order valence-corrected chi connectivity index (χ4v) is 4.63. The fourth-order valence-electron chi connectivity index (χ4n) is 4.63. The number of methoxy groups -OCH3 is 1. The molecular formula is C32H35NO5. The first kappa shape index (κ1) is 27.0. The normalized spacial score (nSPS) is 17.2. The molecule has 0 aromatic heterocycles. The lowest BCUT2D eigenvalue weighted by atomic mass is 9.85. The molecular weight excluding hydrogens is 478 g/mol. The summed E-state index contributed by atoms with van der Waals surface area (Å²) >= 11 is 0. The highest BCUT2D eigenvalue weighted by Crippen LogP contribution is 2.41. The van der Waals surface area contributed by atoms with Gasteiger partial charge < -0.3 is 19.5 Å². The first-order valence-electron chi connectivity index (χ1n) is 12.8. The molecule has 1 unspecified atom stereocenters. The topological polar surface area (TPSA) is 76.1 Å². The maximum Gasteiger partial charge on any atom is 0.295 e. The molecule has 6 nitrogen and oxygen atoms in total. The number of Topliss-reactive ketones (excluding diaryl/α,β-unsaturated/α-hetero) is 1. The van der Waals surface area contributed by atoms with E-state index in [2.05, 4.69) is 20.8 Å². The van der Waals surface area contributed by atoms with Crippen molar-refractivity contribution in [1.29, 1.82) is 0 Å². The standard InChI is InChI=1S/C32H35NO5/c1-20(2)38-26-9-7-8-23(18-26)29(34)27-28(22-12-14-24(15-13-22)32(3,4)5)33(31(36)30(27)35)19-21-10-16-25(37-6)17-11-21/h7-18,20,28,34H,19H2,1-6H3/b29-27-. The monoisotopic (exact) mass is 513 g/mol. The van der Waals surface area contributed by atoms with Crippen molar-refractivity contribution in [3.63, 3.8) is 0 Å². The molecule has 1 aliphatic heterocycles. The van der Waals surface area contributed by atoms with Crippen LogP contribution in [0.1, 0.15) is 62.9 Å². The van der Waals surface area contributed by atoms with Crippen LogP contribution in [0.2, 0.25) is 0 Å². The molecule has 6 heteroatoms. The quantitative estimate of drug-likeness (QED) is 0.225. The highest BCUT2D eigenvalue weighted by atomic mass is 16.5. The zero-order valence-corrected chi connectivity index (χ0v) is 22.8. The Kier molecular flexibility index (Phi) is 7.63. The van der Waals surface area contributed by atoms with E-state index in [-0.39, 0.29) is 29.4 Å². The molecule has 0 radical (unpaired) electrons. The van der Waals surface area contributed by atoms with Crippen LogP contribution in [0, 0.1) is 0 Å². The molecule has 1 fully saturated rings. The van der Waals surface area contributed by atoms with Crippen molar-refractivity contribution in [2.75, 3.05) is 7.11 Å². The Balaban J connectivity index is 1.82. The number of rotatable bonds is 7. The van der Waals surface area contributed by atoms with Crippen molar-refractivity contribution in [2.24, 2.45) is 0 Å². The summed E-state index contributed by atoms with van der Waals surface area (Å²) < 4.78 is 11.0. The number of aliphatic hydroxyl groups excluding tert-OH is 1. The van der Waals surface area contributed by atoms with Gasteiger partial charge in [0.15, 0.2) is 0 Å². The van der Waals surface area contributed by atoms with Gasteiger partial charge in [0.1, 0.15) is 17.3 Å². The first-order chi connectivity index (χ1) is 18.0. The van der Waals surface area contributed by atoms with E-state index in [1.807, 2.05) is 62.4 Å². The maximum atomic E-state index is 13.4. The third kappa shape index (κ3) is 5.59. The van der Waals surface area contributed by atoms with Crippen LogP contribution in [0.3, 0.4) is 0 Å². The van der Waals surface area contributed by atoms with Gasteiger partial charge in [0, 0.05) is 12.1 Å². The molecule has 1 N–H and O–H groups in total. The summed E-state index contributed by atoms with van der Waals surface area (Å²) in [5.74, 6) is -0.311. The van der Waals surface area contributed by atoms with Crippen LogP contribution >= 0.6 is 0 Å². The lowest BCUT2D eigenvalue weighted by molar-refractivity contribution is -0.140. The van der Waals surface area contributed by atoms with Crippen LogP contribution in [0.15, 0.2) is 78.4 Å². The predicted molar refractivity (Wildman–Crippen MR) is 148 cm³/mol. The van der Waals surface area contributed by atoms with E-state index in [1.165, 1.54) is 4.90 Å². The number of carbonyl (C=O) groups is 2. The molecule has 38 heavy (non-hydrogen) atoms. The Morgan fingerprint density at radius 1 is 0.947 bits per heavy atom. The molecule has 3 aromatic rings. The van der Waals surface area contributed by atoms with Crippen LogP contribution in [0.5, 0.6) is 11.5 Å². The Hall–Kier alpha value is -4.06. The van der Waals surface area contributed by atoms with Crippen molar-refractivity contribution in [1.82, 2.24) is 4.90 Å². The van der Waals surface area contributed by atoms with E-state index in [0.717, 1.165) is 16.7 Å². The molecule has 0 bridgehead atoms. The molecule has 1 amide bonds. The number of amides is 1. The van der Waals surface area contributed by atoms with Crippen molar-refractivity contribution < 1.29 is 24.2 Å². The molecule has 1 aliphatic rings. The maximum absolute atomic E-state index is 13.4. The molecule has 1 atom stereocenters. The van der Waals surface area contributed by atoms with Gasteiger partial charge in [-0.2, -0.15) is 0 Å². The van der Waals surface area contributed by atoms with Crippen LogP contribution < -0.4 is 9.47 Å². The van der Waals surface area contributed by atoms with Crippen molar-refractivity contribution >= 4 is 17.4 Å². The van der Waals surface area contributed by atoms with Crippen LogP contribution in [-0.2, 0) is 21.5 Å². The largest absolute Gasteiger partial charge is 0.507 e. The third-order valence-corrected chi connectivity index (χ3v) is 6.62. The number of likely N-dealkylation sites (tertiary alicyclic amines) is 1. The van der Waals surface area contributed by atoms with Gasteiger partial charge in [0.2, 0.25) is 0 Å². The molecule has 0 spiro atoms. The predicted octanol–water partition coefficient (Wildman–Crippen LogP) is 6.40. The van der Waals surface area contributed by atoms with Crippen molar-refractivity contribution in [2.45, 2.75) is 58.7 Å². The number of ketones is 1. The van der Waals surface area contributed by atoms with Gasteiger partial charge in [-0.05, 0) is 60.2 Å². The molecule has 1 heterocycles. The zero-order valence-electron chi connectivity index (χ0n) is 22.8. The second-order valence-electron chi connectivity index (χ2n) is 10.8. The summed E-state index contributed by atoms with van der Waals surface area (Å²) in [4.78, 5) is 28.3. The van der Waals surface area contributed by atoms with Gasteiger partial charge in [-0.15, -0.1) is 0 Å². The SMILES string of the molecule is COc1ccc(CN2C(=O)C(=O)/C(=C(\O)c3cccc(OC(C)C)c3)C2c2ccc(C(C)(C)C)cc2)cc1. The number of aliphatic hydroxyl groups is 1. The lowest BCUT2D eigenvalue weighted by Crippen LogP contribution is -2.29. The highest BCUT2D eigenvalue weighted by Gasteiger charge is 2.46. The molecule has 3 aromatic carbocycles. The third-order valence-electron chi connectivity index (χ3n) is 6.62.